The lowest BCUT2D eigenvalue weighted by Gasteiger charge is -2.06. The smallest absolute Gasteiger partial charge is 0.170 e. The molecule has 8 heteroatoms. The number of methoxy groups -OCH3 is 1. The number of hydrogen-bond acceptors (Lipinski definition) is 5. The molecule has 0 amide bonds. The summed E-state index contributed by atoms with van der Waals surface area (Å²) in [5.41, 5.74) is 0.368. The number of halogens is 2. The second-order valence-electron chi connectivity index (χ2n) is 3.77. The predicted octanol–water partition coefficient (Wildman–Crippen LogP) is 0.676. The van der Waals surface area contributed by atoms with Crippen molar-refractivity contribution < 1.29 is 13.5 Å². The van der Waals surface area contributed by atoms with Crippen LogP contribution in [0.4, 0.5) is 8.78 Å². The average molecular weight is 269 g/mol. The van der Waals surface area contributed by atoms with Gasteiger partial charge in [-0.25, -0.2) is 8.78 Å². The van der Waals surface area contributed by atoms with Crippen molar-refractivity contribution in [3.63, 3.8) is 0 Å². The molecule has 0 aliphatic rings. The van der Waals surface area contributed by atoms with Gasteiger partial charge < -0.3 is 10.1 Å². The summed E-state index contributed by atoms with van der Waals surface area (Å²) in [6.45, 7) is 1.60. The molecule has 102 valence electrons. The highest BCUT2D eigenvalue weighted by Crippen LogP contribution is 2.12. The largest absolute Gasteiger partial charge is 0.383 e. The van der Waals surface area contributed by atoms with Crippen LogP contribution in [0.1, 0.15) is 5.82 Å². The van der Waals surface area contributed by atoms with E-state index in [2.05, 4.69) is 20.8 Å². The maximum atomic E-state index is 13.2. The fourth-order valence-corrected chi connectivity index (χ4v) is 1.51. The van der Waals surface area contributed by atoms with Crippen LogP contribution in [-0.2, 0) is 11.3 Å². The molecule has 0 saturated carbocycles. The maximum absolute atomic E-state index is 13.2. The van der Waals surface area contributed by atoms with E-state index >= 15 is 0 Å². The lowest BCUT2D eigenvalue weighted by molar-refractivity contribution is 0.199. The van der Waals surface area contributed by atoms with E-state index in [1.807, 2.05) is 0 Å². The molecule has 1 heterocycles. The van der Waals surface area contributed by atoms with Crippen LogP contribution in [0.25, 0.3) is 5.69 Å². The summed E-state index contributed by atoms with van der Waals surface area (Å²) in [7, 11) is 1.60. The van der Waals surface area contributed by atoms with E-state index in [1.165, 1.54) is 10.7 Å². The minimum absolute atomic E-state index is 0.368. The first-order chi connectivity index (χ1) is 9.22. The Labute approximate surface area is 108 Å². The van der Waals surface area contributed by atoms with Gasteiger partial charge in [0.05, 0.1) is 18.8 Å². The van der Waals surface area contributed by atoms with Crippen LogP contribution in [0.2, 0.25) is 0 Å². The van der Waals surface area contributed by atoms with Crippen LogP contribution in [-0.4, -0.2) is 40.5 Å². The minimum Gasteiger partial charge on any atom is -0.383 e. The molecule has 0 fully saturated rings. The van der Waals surface area contributed by atoms with E-state index in [4.69, 9.17) is 4.74 Å². The Bertz CT molecular complexity index is 546. The summed E-state index contributed by atoms with van der Waals surface area (Å²) in [5.74, 6) is -1.34. The summed E-state index contributed by atoms with van der Waals surface area (Å²) < 4.78 is 32.3. The molecule has 2 aromatic rings. The van der Waals surface area contributed by atoms with Gasteiger partial charge in [-0.2, -0.15) is 4.68 Å². The van der Waals surface area contributed by atoms with Crippen LogP contribution in [0, 0.1) is 11.6 Å². The molecule has 0 unspecified atom stereocenters. The number of rotatable bonds is 6. The molecule has 2 rings (SSSR count). The molecule has 1 aromatic heterocycles. The average Bonchev–Trinajstić information content (AvgIpc) is 2.86. The van der Waals surface area contributed by atoms with Crippen molar-refractivity contribution in [3.05, 3.63) is 35.7 Å². The lowest BCUT2D eigenvalue weighted by Crippen LogP contribution is -2.21. The van der Waals surface area contributed by atoms with Crippen LogP contribution in [0.3, 0.4) is 0 Å². The molecule has 0 spiro atoms. The Balaban J connectivity index is 2.12. The van der Waals surface area contributed by atoms with Crippen LogP contribution < -0.4 is 5.32 Å². The van der Waals surface area contributed by atoms with Crippen molar-refractivity contribution in [3.8, 4) is 5.69 Å². The second kappa shape index (κ2) is 6.30. The molecule has 0 atom stereocenters. The summed E-state index contributed by atoms with van der Waals surface area (Å²) >= 11 is 0. The van der Waals surface area contributed by atoms with E-state index in [1.54, 1.807) is 7.11 Å². The van der Waals surface area contributed by atoms with Gasteiger partial charge in [-0.3, -0.25) is 0 Å². The predicted molar refractivity (Wildman–Crippen MR) is 62.7 cm³/mol. The zero-order chi connectivity index (χ0) is 13.7. The standard InChI is InChI=1S/C11H13F2N5O/c1-19-5-4-14-7-11-15-16-17-18(11)8-2-3-9(12)10(13)6-8/h2-3,6,14H,4-5,7H2,1H3. The Morgan fingerprint density at radius 2 is 2.16 bits per heavy atom. The summed E-state index contributed by atoms with van der Waals surface area (Å²) in [6.07, 6.45) is 0. The monoisotopic (exact) mass is 269 g/mol. The first-order valence-electron chi connectivity index (χ1n) is 5.64. The molecule has 0 radical (unpaired) electrons. The number of ether oxygens (including phenoxy) is 1. The molecule has 1 N–H and O–H groups in total. The number of tetrazole rings is 1. The second-order valence-corrected chi connectivity index (χ2v) is 3.77. The molecular formula is C11H13F2N5O. The van der Waals surface area contributed by atoms with Gasteiger partial charge in [0.25, 0.3) is 0 Å². The Kier molecular flexibility index (Phi) is 4.48. The molecule has 0 aliphatic heterocycles. The van der Waals surface area contributed by atoms with Gasteiger partial charge in [-0.1, -0.05) is 0 Å². The Morgan fingerprint density at radius 1 is 1.32 bits per heavy atom. The van der Waals surface area contributed by atoms with Crippen molar-refractivity contribution in [2.24, 2.45) is 0 Å². The number of hydrogen-bond donors (Lipinski definition) is 1. The van der Waals surface area contributed by atoms with E-state index < -0.39 is 11.6 Å². The van der Waals surface area contributed by atoms with Crippen LogP contribution in [0.5, 0.6) is 0 Å². The van der Waals surface area contributed by atoms with Gasteiger partial charge in [0.15, 0.2) is 17.5 Å². The SMILES string of the molecule is COCCNCc1nnnn1-c1ccc(F)c(F)c1. The van der Waals surface area contributed by atoms with Crippen molar-refractivity contribution in [1.29, 1.82) is 0 Å². The minimum atomic E-state index is -0.939. The molecule has 0 aliphatic carbocycles. The number of nitrogens with one attached hydrogen (secondary N) is 1. The van der Waals surface area contributed by atoms with Gasteiger partial charge in [-0.15, -0.1) is 5.10 Å². The summed E-state index contributed by atoms with van der Waals surface area (Å²) in [5, 5.41) is 14.2. The summed E-state index contributed by atoms with van der Waals surface area (Å²) in [4.78, 5) is 0. The van der Waals surface area contributed by atoms with Gasteiger partial charge in [-0.05, 0) is 22.6 Å². The van der Waals surface area contributed by atoms with E-state index in [0.717, 1.165) is 12.1 Å². The van der Waals surface area contributed by atoms with Gasteiger partial charge in [0.1, 0.15) is 0 Å². The van der Waals surface area contributed by atoms with Crippen molar-refractivity contribution in [1.82, 2.24) is 25.5 Å². The molecule has 19 heavy (non-hydrogen) atoms. The van der Waals surface area contributed by atoms with Crippen molar-refractivity contribution in [2.75, 3.05) is 20.3 Å². The normalized spacial score (nSPS) is 10.9. The fourth-order valence-electron chi connectivity index (χ4n) is 1.51. The highest BCUT2D eigenvalue weighted by molar-refractivity contribution is 5.32. The van der Waals surface area contributed by atoms with E-state index in [-0.39, 0.29) is 0 Å². The van der Waals surface area contributed by atoms with Gasteiger partial charge >= 0.3 is 0 Å². The summed E-state index contributed by atoms with van der Waals surface area (Å²) in [6, 6.07) is 3.49. The van der Waals surface area contributed by atoms with Gasteiger partial charge in [0, 0.05) is 19.7 Å². The molecule has 6 nitrogen and oxygen atoms in total. The topological polar surface area (TPSA) is 64.9 Å². The zero-order valence-electron chi connectivity index (χ0n) is 10.3. The third-order valence-electron chi connectivity index (χ3n) is 2.45. The zero-order valence-corrected chi connectivity index (χ0v) is 10.3. The first-order valence-corrected chi connectivity index (χ1v) is 5.64. The van der Waals surface area contributed by atoms with Crippen molar-refractivity contribution >= 4 is 0 Å². The number of nitrogens with zero attached hydrogens (tertiary/aromatic N) is 4. The van der Waals surface area contributed by atoms with Crippen LogP contribution >= 0.6 is 0 Å². The molecule has 0 saturated heterocycles. The molecular weight excluding hydrogens is 256 g/mol. The highest BCUT2D eigenvalue weighted by Gasteiger charge is 2.10. The molecule has 1 aromatic carbocycles. The van der Waals surface area contributed by atoms with Crippen LogP contribution in [0.15, 0.2) is 18.2 Å². The van der Waals surface area contributed by atoms with E-state index in [0.29, 0.717) is 31.2 Å². The lowest BCUT2D eigenvalue weighted by atomic mass is 10.3. The fraction of sp³-hybridized carbons (Fsp3) is 0.364. The first kappa shape index (κ1) is 13.5. The number of aromatic nitrogens is 4. The third-order valence-corrected chi connectivity index (χ3v) is 2.45. The third kappa shape index (κ3) is 3.30. The van der Waals surface area contributed by atoms with E-state index in [9.17, 15) is 8.78 Å². The van der Waals surface area contributed by atoms with Crippen molar-refractivity contribution in [2.45, 2.75) is 6.54 Å². The number of benzene rings is 1. The Hall–Kier alpha value is -1.93. The quantitative estimate of drug-likeness (QED) is 0.781. The maximum Gasteiger partial charge on any atom is 0.170 e. The highest BCUT2D eigenvalue weighted by atomic mass is 19.2. The molecule has 0 bridgehead atoms. The Morgan fingerprint density at radius 3 is 2.89 bits per heavy atom. The van der Waals surface area contributed by atoms with Gasteiger partial charge in [0.2, 0.25) is 0 Å².